The lowest BCUT2D eigenvalue weighted by Gasteiger charge is -2.36. The van der Waals surface area contributed by atoms with Crippen molar-refractivity contribution in [3.8, 4) is 5.75 Å². The van der Waals surface area contributed by atoms with E-state index in [4.69, 9.17) is 4.74 Å². The number of carboxylic acid groups (broad SMARTS) is 1. The second-order valence-electron chi connectivity index (χ2n) is 8.57. The first-order valence-corrected chi connectivity index (χ1v) is 12.5. The molecule has 2 N–H and O–H groups in total. The Morgan fingerprint density at radius 2 is 2.15 bits per heavy atom. The third kappa shape index (κ3) is 6.02. The van der Waals surface area contributed by atoms with Gasteiger partial charge in [-0.15, -0.1) is 11.8 Å². The lowest BCUT2D eigenvalue weighted by molar-refractivity contribution is -0.146. The predicted octanol–water partition coefficient (Wildman–Crippen LogP) is 3.66. The molecule has 0 bridgehead atoms. The molecular weight excluding hydrogens is 452 g/mol. The Hall–Kier alpha value is -2.75. The Morgan fingerprint density at radius 3 is 2.91 bits per heavy atom. The number of rotatable bonds is 10. The zero-order valence-electron chi connectivity index (χ0n) is 19.2. The molecule has 0 aliphatic carbocycles. The van der Waals surface area contributed by atoms with Crippen molar-refractivity contribution < 1.29 is 19.7 Å². The summed E-state index contributed by atoms with van der Waals surface area (Å²) in [7, 11) is 1.61. The minimum absolute atomic E-state index is 0.0422. The van der Waals surface area contributed by atoms with Crippen LogP contribution < -0.4 is 4.74 Å². The fraction of sp³-hybridized carbons (Fsp3) is 0.440. The summed E-state index contributed by atoms with van der Waals surface area (Å²) in [6.07, 6.45) is 6.26. The lowest BCUT2D eigenvalue weighted by Crippen LogP contribution is -2.44. The molecule has 4 rings (SSSR count). The Morgan fingerprint density at radius 1 is 1.26 bits per heavy atom. The summed E-state index contributed by atoms with van der Waals surface area (Å²) in [4.78, 5) is 26.8. The Balaban J connectivity index is 1.34. The van der Waals surface area contributed by atoms with Gasteiger partial charge in [-0.1, -0.05) is 0 Å². The van der Waals surface area contributed by atoms with Crippen molar-refractivity contribution in [2.75, 3.05) is 32.5 Å². The maximum Gasteiger partial charge on any atom is 0.308 e. The third-order valence-corrected chi connectivity index (χ3v) is 7.45. The van der Waals surface area contributed by atoms with E-state index in [0.29, 0.717) is 25.1 Å². The number of hydrogen-bond donors (Lipinski definition) is 2. The van der Waals surface area contributed by atoms with Crippen LogP contribution >= 0.6 is 11.8 Å². The number of methoxy groups -OCH3 is 1. The number of likely N-dealkylation sites (tertiary alicyclic amines) is 1. The van der Waals surface area contributed by atoms with Gasteiger partial charge < -0.3 is 19.8 Å². The van der Waals surface area contributed by atoms with Gasteiger partial charge in [0.2, 0.25) is 0 Å². The average Bonchev–Trinajstić information content (AvgIpc) is 2.87. The predicted molar refractivity (Wildman–Crippen MR) is 131 cm³/mol. The van der Waals surface area contributed by atoms with E-state index in [-0.39, 0.29) is 5.92 Å². The van der Waals surface area contributed by atoms with Gasteiger partial charge in [-0.05, 0) is 67.6 Å². The number of aliphatic hydroxyl groups excluding tert-OH is 1. The number of carboxylic acids is 1. The number of fused-ring (bicyclic) bond motifs is 1. The highest BCUT2D eigenvalue weighted by atomic mass is 32.2. The Labute approximate surface area is 203 Å². The number of aliphatic hydroxyl groups is 1. The topological polar surface area (TPSA) is 109 Å². The van der Waals surface area contributed by atoms with E-state index in [0.717, 1.165) is 46.8 Å². The molecule has 180 valence electrons. The van der Waals surface area contributed by atoms with E-state index in [1.165, 1.54) is 6.33 Å². The second kappa shape index (κ2) is 11.6. The number of carbonyl (C=O) groups is 1. The van der Waals surface area contributed by atoms with Crippen LogP contribution in [0.3, 0.4) is 0 Å². The summed E-state index contributed by atoms with van der Waals surface area (Å²) in [6.45, 7) is 2.22. The third-order valence-electron chi connectivity index (χ3n) is 6.52. The van der Waals surface area contributed by atoms with E-state index in [1.807, 2.05) is 30.3 Å². The fourth-order valence-electron chi connectivity index (χ4n) is 4.63. The van der Waals surface area contributed by atoms with Crippen LogP contribution in [0.1, 0.15) is 30.9 Å². The van der Waals surface area contributed by atoms with Gasteiger partial charge in [0.25, 0.3) is 0 Å². The molecule has 1 saturated heterocycles. The summed E-state index contributed by atoms with van der Waals surface area (Å²) in [6, 6.07) is 9.33. The SMILES string of the molecule is COc1ccc2nccc(C(O)CC[C@@H]3CCN(CCSc4ccncn4)C[C@@H]3C(=O)O)c2c1. The number of aliphatic carboxylic acids is 1. The summed E-state index contributed by atoms with van der Waals surface area (Å²) in [5, 5.41) is 22.6. The average molecular weight is 483 g/mol. The number of benzene rings is 1. The van der Waals surface area contributed by atoms with Gasteiger partial charge in [0.15, 0.2) is 0 Å². The lowest BCUT2D eigenvalue weighted by atomic mass is 9.81. The molecule has 3 aromatic rings. The highest BCUT2D eigenvalue weighted by Crippen LogP contribution is 2.34. The smallest absolute Gasteiger partial charge is 0.308 e. The first kappa shape index (κ1) is 24.4. The molecule has 0 radical (unpaired) electrons. The van der Waals surface area contributed by atoms with E-state index in [2.05, 4.69) is 19.9 Å². The van der Waals surface area contributed by atoms with Crippen LogP contribution in [0.25, 0.3) is 10.9 Å². The molecule has 1 aromatic carbocycles. The fourth-order valence-corrected chi connectivity index (χ4v) is 5.47. The summed E-state index contributed by atoms with van der Waals surface area (Å²) in [5.74, 6) is 0.419. The van der Waals surface area contributed by atoms with Crippen molar-refractivity contribution in [2.24, 2.45) is 11.8 Å². The first-order chi connectivity index (χ1) is 16.5. The van der Waals surface area contributed by atoms with E-state index >= 15 is 0 Å². The molecule has 1 aliphatic heterocycles. The number of thioether (sulfide) groups is 1. The van der Waals surface area contributed by atoms with Gasteiger partial charge in [0.05, 0.1) is 29.7 Å². The minimum Gasteiger partial charge on any atom is -0.497 e. The first-order valence-electron chi connectivity index (χ1n) is 11.5. The summed E-state index contributed by atoms with van der Waals surface area (Å²) in [5.41, 5.74) is 1.60. The molecule has 2 aromatic heterocycles. The van der Waals surface area contributed by atoms with Gasteiger partial charge in [0.1, 0.15) is 12.1 Å². The van der Waals surface area contributed by atoms with Crippen LogP contribution in [-0.2, 0) is 4.79 Å². The Kier molecular flexibility index (Phi) is 8.31. The van der Waals surface area contributed by atoms with Gasteiger partial charge in [0, 0.05) is 36.6 Å². The van der Waals surface area contributed by atoms with E-state index in [9.17, 15) is 15.0 Å². The standard InChI is InChI=1S/C25H30N4O4S/c1-33-18-3-4-22-20(14-18)19(6-10-27-22)23(30)5-2-17-8-11-29(15-21(17)25(31)32)12-13-34-24-7-9-26-16-28-24/h3-4,6-7,9-10,14,16-17,21,23,30H,2,5,8,11-13,15H2,1H3,(H,31,32)/t17-,21+,23?/m1/s1. The maximum atomic E-state index is 12.0. The normalized spacial score (nSPS) is 19.7. The van der Waals surface area contributed by atoms with Crippen LogP contribution in [0.2, 0.25) is 0 Å². The van der Waals surface area contributed by atoms with Crippen molar-refractivity contribution >= 4 is 28.6 Å². The zero-order valence-corrected chi connectivity index (χ0v) is 20.0. The number of piperidine rings is 1. The number of hydrogen-bond acceptors (Lipinski definition) is 8. The number of aromatic nitrogens is 3. The van der Waals surface area contributed by atoms with Crippen molar-refractivity contribution in [1.29, 1.82) is 0 Å². The van der Waals surface area contributed by atoms with E-state index in [1.54, 1.807) is 31.3 Å². The highest BCUT2D eigenvalue weighted by molar-refractivity contribution is 7.99. The van der Waals surface area contributed by atoms with Gasteiger partial charge in [-0.2, -0.15) is 0 Å². The molecule has 8 nitrogen and oxygen atoms in total. The van der Waals surface area contributed by atoms with Crippen LogP contribution in [0.4, 0.5) is 0 Å². The van der Waals surface area contributed by atoms with E-state index < -0.39 is 18.0 Å². The molecule has 0 spiro atoms. The van der Waals surface area contributed by atoms with Gasteiger partial charge >= 0.3 is 5.97 Å². The van der Waals surface area contributed by atoms with Crippen LogP contribution in [0.5, 0.6) is 5.75 Å². The largest absolute Gasteiger partial charge is 0.497 e. The van der Waals surface area contributed by atoms with Crippen molar-refractivity contribution in [1.82, 2.24) is 19.9 Å². The highest BCUT2D eigenvalue weighted by Gasteiger charge is 2.34. The number of nitrogens with zero attached hydrogens (tertiary/aromatic N) is 4. The summed E-state index contributed by atoms with van der Waals surface area (Å²) >= 11 is 1.65. The van der Waals surface area contributed by atoms with Gasteiger partial charge in [-0.25, -0.2) is 9.97 Å². The number of pyridine rings is 1. The van der Waals surface area contributed by atoms with Crippen molar-refractivity contribution in [3.63, 3.8) is 0 Å². The molecule has 34 heavy (non-hydrogen) atoms. The quantitative estimate of drug-likeness (QED) is 0.330. The molecule has 1 unspecified atom stereocenters. The molecule has 9 heteroatoms. The molecule has 3 atom stereocenters. The van der Waals surface area contributed by atoms with Gasteiger partial charge in [-0.3, -0.25) is 9.78 Å². The number of ether oxygens (including phenoxy) is 1. The summed E-state index contributed by atoms with van der Waals surface area (Å²) < 4.78 is 5.33. The van der Waals surface area contributed by atoms with Crippen LogP contribution in [0.15, 0.2) is 54.1 Å². The molecule has 0 saturated carbocycles. The van der Waals surface area contributed by atoms with Crippen molar-refractivity contribution in [3.05, 3.63) is 54.6 Å². The van der Waals surface area contributed by atoms with Crippen LogP contribution in [-0.4, -0.2) is 68.5 Å². The zero-order chi connectivity index (χ0) is 23.9. The van der Waals surface area contributed by atoms with Crippen molar-refractivity contribution in [2.45, 2.75) is 30.4 Å². The molecule has 0 amide bonds. The molecule has 3 heterocycles. The Bertz CT molecular complexity index is 1100. The maximum absolute atomic E-state index is 12.0. The molecular formula is C25H30N4O4S. The molecule has 1 aliphatic rings. The van der Waals surface area contributed by atoms with Crippen LogP contribution in [0, 0.1) is 11.8 Å². The second-order valence-corrected chi connectivity index (χ2v) is 9.68. The monoisotopic (exact) mass is 482 g/mol. The molecule has 1 fully saturated rings. The minimum atomic E-state index is -0.758.